The molecule has 6 atom stereocenters. The van der Waals surface area contributed by atoms with Crippen LogP contribution in [0.4, 0.5) is 0 Å². The van der Waals surface area contributed by atoms with Gasteiger partial charge < -0.3 is 9.84 Å². The average Bonchev–Trinajstić information content (AvgIpc) is 2.86. The van der Waals surface area contributed by atoms with Crippen LogP contribution in [0.1, 0.15) is 32.1 Å². The maximum absolute atomic E-state index is 11.2. The van der Waals surface area contributed by atoms with Crippen LogP contribution in [0, 0.1) is 23.7 Å². The summed E-state index contributed by atoms with van der Waals surface area (Å²) in [6.07, 6.45) is 6.49. The highest BCUT2D eigenvalue weighted by Crippen LogP contribution is 2.57. The van der Waals surface area contributed by atoms with E-state index in [1.807, 2.05) is 0 Å². The molecule has 0 aromatic rings. The fraction of sp³-hybridized carbons (Fsp3) is 0.786. The first kappa shape index (κ1) is 11.3. The highest BCUT2D eigenvalue weighted by atomic mass is 16.5. The molecule has 3 nitrogen and oxygen atoms in total. The summed E-state index contributed by atoms with van der Waals surface area (Å²) in [6.45, 7) is 3.43. The Morgan fingerprint density at radius 1 is 1.18 bits per heavy atom. The molecule has 0 heterocycles. The predicted octanol–water partition coefficient (Wildman–Crippen LogP) is 1.90. The molecule has 6 unspecified atom stereocenters. The van der Waals surface area contributed by atoms with E-state index in [0.717, 1.165) is 25.7 Å². The van der Waals surface area contributed by atoms with E-state index in [9.17, 15) is 9.90 Å². The van der Waals surface area contributed by atoms with E-state index in [2.05, 4.69) is 6.58 Å². The minimum Gasteiger partial charge on any atom is -0.459 e. The van der Waals surface area contributed by atoms with Crippen molar-refractivity contribution in [2.24, 2.45) is 23.7 Å². The summed E-state index contributed by atoms with van der Waals surface area (Å²) < 4.78 is 5.36. The van der Waals surface area contributed by atoms with E-state index in [-0.39, 0.29) is 18.2 Å². The van der Waals surface area contributed by atoms with Gasteiger partial charge in [-0.25, -0.2) is 4.79 Å². The summed E-state index contributed by atoms with van der Waals surface area (Å²) in [4.78, 5) is 11.2. The first-order valence-corrected chi connectivity index (χ1v) is 6.70. The molecule has 3 aliphatic carbocycles. The van der Waals surface area contributed by atoms with E-state index < -0.39 is 0 Å². The van der Waals surface area contributed by atoms with Crippen molar-refractivity contribution in [1.29, 1.82) is 0 Å². The molecule has 3 saturated carbocycles. The minimum atomic E-state index is -0.295. The maximum atomic E-state index is 11.2. The van der Waals surface area contributed by atoms with Gasteiger partial charge in [-0.2, -0.15) is 0 Å². The maximum Gasteiger partial charge on any atom is 0.330 e. The summed E-state index contributed by atoms with van der Waals surface area (Å²) in [5, 5.41) is 9.91. The highest BCUT2D eigenvalue weighted by molar-refractivity contribution is 5.81. The largest absolute Gasteiger partial charge is 0.459 e. The van der Waals surface area contributed by atoms with Gasteiger partial charge in [0.05, 0.1) is 6.10 Å². The zero-order valence-electron chi connectivity index (χ0n) is 10.0. The lowest BCUT2D eigenvalue weighted by Gasteiger charge is -2.40. The van der Waals surface area contributed by atoms with E-state index in [0.29, 0.717) is 23.7 Å². The number of fused-ring (bicyclic) bond motifs is 5. The number of carbonyl (C=O) groups excluding carboxylic acids is 1. The van der Waals surface area contributed by atoms with Crippen molar-refractivity contribution in [2.75, 3.05) is 0 Å². The number of rotatable bonds is 2. The fourth-order valence-electron chi connectivity index (χ4n) is 4.48. The molecule has 0 radical (unpaired) electrons. The normalized spacial score (nSPS) is 47.6. The van der Waals surface area contributed by atoms with Crippen LogP contribution in [0.5, 0.6) is 0 Å². The second-order valence-corrected chi connectivity index (χ2v) is 5.87. The second kappa shape index (κ2) is 4.13. The molecule has 94 valence electrons. The van der Waals surface area contributed by atoms with Crippen LogP contribution in [-0.2, 0) is 9.53 Å². The minimum absolute atomic E-state index is 0.0616. The Morgan fingerprint density at radius 3 is 2.76 bits per heavy atom. The third-order valence-electron chi connectivity index (χ3n) is 5.13. The van der Waals surface area contributed by atoms with Crippen LogP contribution in [0.3, 0.4) is 0 Å². The van der Waals surface area contributed by atoms with Crippen molar-refractivity contribution in [3.8, 4) is 0 Å². The molecule has 0 spiro atoms. The summed E-state index contributed by atoms with van der Waals surface area (Å²) >= 11 is 0. The number of ether oxygens (including phenoxy) is 1. The molecule has 17 heavy (non-hydrogen) atoms. The molecule has 1 N–H and O–H groups in total. The Bertz CT molecular complexity index is 338. The number of hydrogen-bond donors (Lipinski definition) is 1. The number of hydrogen-bond acceptors (Lipinski definition) is 3. The van der Waals surface area contributed by atoms with Crippen LogP contribution in [0.2, 0.25) is 0 Å². The van der Waals surface area contributed by atoms with Crippen molar-refractivity contribution >= 4 is 5.97 Å². The van der Waals surface area contributed by atoms with Crippen LogP contribution in [0.15, 0.2) is 12.7 Å². The van der Waals surface area contributed by atoms with E-state index in [1.165, 1.54) is 12.5 Å². The summed E-state index contributed by atoms with van der Waals surface area (Å²) in [6, 6.07) is 0. The van der Waals surface area contributed by atoms with Gasteiger partial charge >= 0.3 is 5.97 Å². The third kappa shape index (κ3) is 1.81. The Labute approximate surface area is 102 Å². The average molecular weight is 236 g/mol. The number of carbonyl (C=O) groups is 1. The Morgan fingerprint density at radius 2 is 2.00 bits per heavy atom. The van der Waals surface area contributed by atoms with Crippen LogP contribution in [-0.4, -0.2) is 23.3 Å². The lowest BCUT2D eigenvalue weighted by molar-refractivity contribution is -0.147. The number of esters is 1. The third-order valence-corrected chi connectivity index (χ3v) is 5.13. The molecular formula is C14H20O3. The lowest BCUT2D eigenvalue weighted by atomic mass is 9.69. The molecule has 3 fully saturated rings. The molecule has 3 rings (SSSR count). The highest BCUT2D eigenvalue weighted by Gasteiger charge is 2.53. The Balaban J connectivity index is 1.64. The predicted molar refractivity (Wildman–Crippen MR) is 63.1 cm³/mol. The molecule has 0 aromatic carbocycles. The summed E-state index contributed by atoms with van der Waals surface area (Å²) in [7, 11) is 0. The smallest absolute Gasteiger partial charge is 0.330 e. The quantitative estimate of drug-likeness (QED) is 0.588. The first-order chi connectivity index (χ1) is 8.19. The van der Waals surface area contributed by atoms with Gasteiger partial charge in [-0.15, -0.1) is 0 Å². The summed E-state index contributed by atoms with van der Waals surface area (Å²) in [5.74, 6) is 2.27. The van der Waals surface area contributed by atoms with Gasteiger partial charge in [-0.05, 0) is 55.8 Å². The van der Waals surface area contributed by atoms with E-state index in [4.69, 9.17) is 4.74 Å². The van der Waals surface area contributed by atoms with Crippen LogP contribution in [0.25, 0.3) is 0 Å². The zero-order chi connectivity index (χ0) is 12.0. The van der Waals surface area contributed by atoms with Crippen molar-refractivity contribution < 1.29 is 14.6 Å². The van der Waals surface area contributed by atoms with Gasteiger partial charge in [0.1, 0.15) is 6.10 Å². The van der Waals surface area contributed by atoms with Crippen molar-refractivity contribution in [2.45, 2.75) is 44.3 Å². The number of aliphatic hydroxyl groups is 1. The van der Waals surface area contributed by atoms with Gasteiger partial charge in [0.25, 0.3) is 0 Å². The standard InChI is InChI=1S/C14H20O3/c1-2-14(16)17-9-3-4-10-11(7-9)8-5-12(10)13(15)6-8/h2,8-13,15H,1,3-7H2. The van der Waals surface area contributed by atoms with E-state index >= 15 is 0 Å². The second-order valence-electron chi connectivity index (χ2n) is 5.87. The zero-order valence-corrected chi connectivity index (χ0v) is 10.0. The molecule has 0 saturated heterocycles. The lowest BCUT2D eigenvalue weighted by Crippen LogP contribution is -2.38. The van der Waals surface area contributed by atoms with Gasteiger partial charge in [-0.1, -0.05) is 6.58 Å². The van der Waals surface area contributed by atoms with Gasteiger partial charge in [0.15, 0.2) is 0 Å². The first-order valence-electron chi connectivity index (χ1n) is 6.70. The van der Waals surface area contributed by atoms with Crippen LogP contribution < -0.4 is 0 Å². The van der Waals surface area contributed by atoms with Crippen molar-refractivity contribution in [3.63, 3.8) is 0 Å². The van der Waals surface area contributed by atoms with Gasteiger partial charge in [-0.3, -0.25) is 0 Å². The van der Waals surface area contributed by atoms with Crippen molar-refractivity contribution in [1.82, 2.24) is 0 Å². The topological polar surface area (TPSA) is 46.5 Å². The SMILES string of the molecule is C=CC(=O)OC1CCC2C3CC(CC3O)C2C1. The van der Waals surface area contributed by atoms with E-state index in [1.54, 1.807) is 0 Å². The number of aliphatic hydroxyl groups excluding tert-OH is 1. The molecule has 0 aromatic heterocycles. The van der Waals surface area contributed by atoms with Gasteiger partial charge in [0.2, 0.25) is 0 Å². The molecule has 3 aliphatic rings. The van der Waals surface area contributed by atoms with Crippen LogP contribution >= 0.6 is 0 Å². The van der Waals surface area contributed by atoms with Gasteiger partial charge in [0, 0.05) is 6.08 Å². The molecule has 2 bridgehead atoms. The fourth-order valence-corrected chi connectivity index (χ4v) is 4.48. The molecular weight excluding hydrogens is 216 g/mol. The molecule has 0 amide bonds. The Kier molecular flexibility index (Phi) is 2.74. The molecule has 3 heteroatoms. The molecule has 0 aliphatic heterocycles. The summed E-state index contributed by atoms with van der Waals surface area (Å²) in [5.41, 5.74) is 0. The van der Waals surface area contributed by atoms with Crippen molar-refractivity contribution in [3.05, 3.63) is 12.7 Å². The monoisotopic (exact) mass is 236 g/mol. The Hall–Kier alpha value is -0.830.